The summed E-state index contributed by atoms with van der Waals surface area (Å²) in [5.74, 6) is 2.05. The molecule has 0 amide bonds. The maximum Gasteiger partial charge on any atom is 0.238 e. The van der Waals surface area contributed by atoms with Crippen LogP contribution in [0.1, 0.15) is 42.3 Å². The molecular weight excluding hydrogens is 344 g/mol. The molecule has 7 heteroatoms. The Hall–Kier alpha value is -2.93. The van der Waals surface area contributed by atoms with Crippen LogP contribution in [0.15, 0.2) is 36.8 Å². The first-order valence-electron chi connectivity index (χ1n) is 8.80. The van der Waals surface area contributed by atoms with Crippen LogP contribution in [-0.4, -0.2) is 31.7 Å². The molecule has 0 fully saturated rings. The Bertz CT molecular complexity index is 904. The average Bonchev–Trinajstić information content (AvgIpc) is 3.15. The molecule has 0 saturated heterocycles. The summed E-state index contributed by atoms with van der Waals surface area (Å²) in [5.41, 5.74) is 3.42. The fraction of sp³-hybridized carbons (Fsp3) is 0.350. The van der Waals surface area contributed by atoms with Gasteiger partial charge < -0.3 is 14.6 Å². The van der Waals surface area contributed by atoms with Gasteiger partial charge in [-0.25, -0.2) is 9.97 Å². The summed E-state index contributed by atoms with van der Waals surface area (Å²) >= 11 is 0. The number of imidazole rings is 1. The van der Waals surface area contributed by atoms with Gasteiger partial charge in [-0.15, -0.1) is 0 Å². The van der Waals surface area contributed by atoms with Crippen LogP contribution in [0, 0.1) is 6.92 Å². The third-order valence-corrected chi connectivity index (χ3v) is 4.23. The fourth-order valence-corrected chi connectivity index (χ4v) is 2.86. The highest BCUT2D eigenvalue weighted by atomic mass is 16.5. The number of methoxy groups -OCH3 is 1. The van der Waals surface area contributed by atoms with E-state index in [9.17, 15) is 5.11 Å². The van der Waals surface area contributed by atoms with Crippen molar-refractivity contribution in [3.05, 3.63) is 59.3 Å². The highest BCUT2D eigenvalue weighted by Gasteiger charge is 2.17. The van der Waals surface area contributed by atoms with Crippen molar-refractivity contribution < 1.29 is 14.6 Å². The van der Waals surface area contributed by atoms with E-state index < -0.39 is 0 Å². The molecular formula is C20H24N4O3. The van der Waals surface area contributed by atoms with Crippen molar-refractivity contribution in [3.8, 4) is 17.6 Å². The van der Waals surface area contributed by atoms with Gasteiger partial charge in [0.15, 0.2) is 0 Å². The monoisotopic (exact) mass is 368 g/mol. The van der Waals surface area contributed by atoms with Crippen LogP contribution >= 0.6 is 0 Å². The van der Waals surface area contributed by atoms with Gasteiger partial charge in [-0.2, -0.15) is 4.98 Å². The second-order valence-electron chi connectivity index (χ2n) is 6.55. The number of aliphatic hydroxyl groups is 1. The highest BCUT2D eigenvalue weighted by molar-refractivity contribution is 5.37. The Morgan fingerprint density at radius 1 is 1.15 bits per heavy atom. The van der Waals surface area contributed by atoms with Crippen LogP contribution < -0.4 is 9.47 Å². The molecule has 0 saturated carbocycles. The van der Waals surface area contributed by atoms with E-state index in [4.69, 9.17) is 9.47 Å². The van der Waals surface area contributed by atoms with Crippen LogP contribution in [0.4, 0.5) is 0 Å². The van der Waals surface area contributed by atoms with E-state index >= 15 is 0 Å². The van der Waals surface area contributed by atoms with Crippen LogP contribution in [0.5, 0.6) is 11.6 Å². The SMILES string of the molecule is COc1ccc(COc2nc(-n3cnc(CO)c3)nc(C)c2C(C)C)cc1. The van der Waals surface area contributed by atoms with E-state index in [0.717, 1.165) is 22.6 Å². The Balaban J connectivity index is 1.90. The molecule has 0 aliphatic rings. The van der Waals surface area contributed by atoms with Gasteiger partial charge in [0.1, 0.15) is 18.7 Å². The number of aryl methyl sites for hydroxylation is 1. The molecule has 1 aromatic carbocycles. The Kier molecular flexibility index (Phi) is 5.71. The minimum atomic E-state index is -0.128. The molecule has 0 aliphatic carbocycles. The standard InChI is InChI=1S/C20H24N4O3/c1-13(2)18-14(3)22-20(24-9-16(10-25)21-12-24)23-19(18)27-11-15-5-7-17(26-4)8-6-15/h5-9,12-13,25H,10-11H2,1-4H3. The smallest absolute Gasteiger partial charge is 0.238 e. The van der Waals surface area contributed by atoms with Crippen LogP contribution in [-0.2, 0) is 13.2 Å². The van der Waals surface area contributed by atoms with Crippen LogP contribution in [0.3, 0.4) is 0 Å². The molecule has 2 heterocycles. The predicted molar refractivity (Wildman–Crippen MR) is 101 cm³/mol. The van der Waals surface area contributed by atoms with Gasteiger partial charge >= 0.3 is 0 Å². The van der Waals surface area contributed by atoms with E-state index in [-0.39, 0.29) is 12.5 Å². The van der Waals surface area contributed by atoms with Gasteiger partial charge in [-0.1, -0.05) is 26.0 Å². The first-order valence-corrected chi connectivity index (χ1v) is 8.80. The second kappa shape index (κ2) is 8.18. The molecule has 3 rings (SSSR count). The maximum atomic E-state index is 9.22. The van der Waals surface area contributed by atoms with Crippen molar-refractivity contribution in [2.24, 2.45) is 0 Å². The van der Waals surface area contributed by atoms with Crippen LogP contribution in [0.25, 0.3) is 5.95 Å². The predicted octanol–water partition coefficient (Wildman–Crippen LogP) is 3.17. The first-order chi connectivity index (χ1) is 13.0. The van der Waals surface area contributed by atoms with E-state index in [1.165, 1.54) is 0 Å². The van der Waals surface area contributed by atoms with Crippen molar-refractivity contribution >= 4 is 0 Å². The van der Waals surface area contributed by atoms with E-state index in [0.29, 0.717) is 24.1 Å². The summed E-state index contributed by atoms with van der Waals surface area (Å²) in [6.45, 7) is 6.40. The molecule has 27 heavy (non-hydrogen) atoms. The topological polar surface area (TPSA) is 82.3 Å². The van der Waals surface area contributed by atoms with E-state index in [1.54, 1.807) is 24.2 Å². The minimum absolute atomic E-state index is 0.128. The van der Waals surface area contributed by atoms with Gasteiger partial charge in [-0.05, 0) is 30.5 Å². The molecule has 0 unspecified atom stereocenters. The van der Waals surface area contributed by atoms with Crippen molar-refractivity contribution in [3.63, 3.8) is 0 Å². The number of aliphatic hydroxyl groups excluding tert-OH is 1. The summed E-state index contributed by atoms with van der Waals surface area (Å²) in [7, 11) is 1.64. The lowest BCUT2D eigenvalue weighted by Gasteiger charge is -2.16. The second-order valence-corrected chi connectivity index (χ2v) is 6.55. The number of rotatable bonds is 7. The summed E-state index contributed by atoms with van der Waals surface area (Å²) in [4.78, 5) is 13.3. The number of benzene rings is 1. The molecule has 3 aromatic rings. The molecule has 7 nitrogen and oxygen atoms in total. The number of ether oxygens (including phenoxy) is 2. The van der Waals surface area contributed by atoms with Gasteiger partial charge in [-0.3, -0.25) is 4.57 Å². The zero-order valence-corrected chi connectivity index (χ0v) is 16.0. The molecule has 0 atom stereocenters. The highest BCUT2D eigenvalue weighted by Crippen LogP contribution is 2.28. The Morgan fingerprint density at radius 2 is 1.89 bits per heavy atom. The molecule has 0 aliphatic heterocycles. The minimum Gasteiger partial charge on any atom is -0.497 e. The number of nitrogens with zero attached hydrogens (tertiary/aromatic N) is 4. The van der Waals surface area contributed by atoms with Crippen molar-refractivity contribution in [1.29, 1.82) is 0 Å². The summed E-state index contributed by atoms with van der Waals surface area (Å²) in [6, 6.07) is 7.74. The normalized spacial score (nSPS) is 11.0. The summed E-state index contributed by atoms with van der Waals surface area (Å²) in [5, 5.41) is 9.22. The Morgan fingerprint density at radius 3 is 2.48 bits per heavy atom. The van der Waals surface area contributed by atoms with Gasteiger partial charge in [0.05, 0.1) is 25.1 Å². The summed E-state index contributed by atoms with van der Waals surface area (Å²) in [6.07, 6.45) is 3.29. The largest absolute Gasteiger partial charge is 0.497 e. The third-order valence-electron chi connectivity index (χ3n) is 4.23. The lowest BCUT2D eigenvalue weighted by atomic mass is 10.0. The maximum absolute atomic E-state index is 9.22. The number of hydrogen-bond donors (Lipinski definition) is 1. The number of aromatic nitrogens is 4. The average molecular weight is 368 g/mol. The molecule has 2 aromatic heterocycles. The zero-order valence-electron chi connectivity index (χ0n) is 16.0. The zero-order chi connectivity index (χ0) is 19.4. The third kappa shape index (κ3) is 4.25. The first kappa shape index (κ1) is 18.8. The molecule has 142 valence electrons. The molecule has 0 radical (unpaired) electrons. The van der Waals surface area contributed by atoms with E-state index in [2.05, 4.69) is 28.8 Å². The molecule has 1 N–H and O–H groups in total. The van der Waals surface area contributed by atoms with Gasteiger partial charge in [0, 0.05) is 11.8 Å². The molecule has 0 spiro atoms. The van der Waals surface area contributed by atoms with Crippen molar-refractivity contribution in [2.75, 3.05) is 7.11 Å². The van der Waals surface area contributed by atoms with E-state index in [1.807, 2.05) is 31.2 Å². The molecule has 0 bridgehead atoms. The fourth-order valence-electron chi connectivity index (χ4n) is 2.86. The van der Waals surface area contributed by atoms with Crippen LogP contribution in [0.2, 0.25) is 0 Å². The Labute approximate surface area is 158 Å². The number of hydrogen-bond acceptors (Lipinski definition) is 6. The van der Waals surface area contributed by atoms with Gasteiger partial charge in [0.25, 0.3) is 0 Å². The van der Waals surface area contributed by atoms with Gasteiger partial charge in [0.2, 0.25) is 11.8 Å². The lowest BCUT2D eigenvalue weighted by molar-refractivity contribution is 0.277. The van der Waals surface area contributed by atoms with Crippen molar-refractivity contribution in [2.45, 2.75) is 39.9 Å². The summed E-state index contributed by atoms with van der Waals surface area (Å²) < 4.78 is 12.9. The quantitative estimate of drug-likeness (QED) is 0.690. The van der Waals surface area contributed by atoms with Crippen molar-refractivity contribution in [1.82, 2.24) is 19.5 Å². The lowest BCUT2D eigenvalue weighted by Crippen LogP contribution is -2.10.